The Balaban J connectivity index is 1.27. The van der Waals surface area contributed by atoms with Gasteiger partial charge in [-0.15, -0.1) is 11.3 Å². The van der Waals surface area contributed by atoms with Gasteiger partial charge in [-0.05, 0) is 73.8 Å². The van der Waals surface area contributed by atoms with Crippen LogP contribution in [0.2, 0.25) is 0 Å². The minimum atomic E-state index is 0.906. The number of rotatable bonds is 2. The van der Waals surface area contributed by atoms with Crippen LogP contribution in [0.3, 0.4) is 0 Å². The van der Waals surface area contributed by atoms with Crippen molar-refractivity contribution in [1.82, 2.24) is 4.98 Å². The van der Waals surface area contributed by atoms with Gasteiger partial charge in [-0.2, -0.15) is 0 Å². The molecule has 0 aliphatic rings. The summed E-state index contributed by atoms with van der Waals surface area (Å²) in [5, 5.41) is 14.7. The highest BCUT2D eigenvalue weighted by atomic mass is 32.1. The number of H-pyrrole nitrogens is 1. The molecule has 0 amide bonds. The van der Waals surface area contributed by atoms with Crippen LogP contribution in [0.15, 0.2) is 162 Å². The fourth-order valence-corrected chi connectivity index (χ4v) is 9.96. The second kappa shape index (κ2) is 10.1. The van der Waals surface area contributed by atoms with Crippen LogP contribution in [0.25, 0.3) is 118 Å². The number of fused-ring (bicyclic) bond motifs is 13. The summed E-state index contributed by atoms with van der Waals surface area (Å²) in [4.78, 5) is 3.87. The van der Waals surface area contributed by atoms with Crippen LogP contribution in [0.4, 0.5) is 0 Å². The standard InChI is InChI=1S/C48H27NOS/c1-2-12-29-27(11-1)22-24-40-44(29)38-26-37-30-13-7-9-19-39(30)49-47(37)46(48(38)50-40)45-35-17-5-3-15-33(35)43(34-16-4-6-18-36(34)45)28-21-23-32-31-14-8-10-20-41(31)51-42(32)25-28/h1-26,49H. The van der Waals surface area contributed by atoms with Crippen LogP contribution in [-0.2, 0) is 0 Å². The first-order valence-electron chi connectivity index (χ1n) is 17.4. The fraction of sp³-hybridized carbons (Fsp3) is 0. The van der Waals surface area contributed by atoms with Crippen molar-refractivity contribution in [2.24, 2.45) is 0 Å². The molecular formula is C48H27NOS. The number of hydrogen-bond donors (Lipinski definition) is 1. The molecular weight excluding hydrogens is 639 g/mol. The topological polar surface area (TPSA) is 28.9 Å². The number of aromatic amines is 1. The average molecular weight is 666 g/mol. The lowest BCUT2D eigenvalue weighted by Gasteiger charge is -2.18. The Morgan fingerprint density at radius 1 is 0.412 bits per heavy atom. The van der Waals surface area contributed by atoms with Gasteiger partial charge in [-0.1, -0.05) is 127 Å². The van der Waals surface area contributed by atoms with Crippen molar-refractivity contribution < 1.29 is 4.42 Å². The zero-order chi connectivity index (χ0) is 33.2. The normalized spacial score (nSPS) is 12.3. The molecule has 3 heteroatoms. The maximum atomic E-state index is 7.02. The molecule has 0 saturated heterocycles. The van der Waals surface area contributed by atoms with E-state index in [1.54, 1.807) is 0 Å². The van der Waals surface area contributed by atoms with Crippen LogP contribution in [0, 0.1) is 0 Å². The highest BCUT2D eigenvalue weighted by Gasteiger charge is 2.25. The largest absolute Gasteiger partial charge is 0.455 e. The molecule has 0 aliphatic heterocycles. The van der Waals surface area contributed by atoms with Gasteiger partial charge in [0.25, 0.3) is 0 Å². The smallest absolute Gasteiger partial charge is 0.145 e. The van der Waals surface area contributed by atoms with E-state index in [0.29, 0.717) is 0 Å². The number of nitrogens with one attached hydrogen (secondary N) is 1. The number of para-hydroxylation sites is 1. The first kappa shape index (κ1) is 27.4. The van der Waals surface area contributed by atoms with Crippen LogP contribution in [-0.4, -0.2) is 4.98 Å². The lowest BCUT2D eigenvalue weighted by atomic mass is 9.84. The molecule has 12 rings (SSSR count). The Morgan fingerprint density at radius 3 is 1.82 bits per heavy atom. The predicted molar refractivity (Wildman–Crippen MR) is 219 cm³/mol. The molecule has 0 saturated carbocycles. The molecule has 236 valence electrons. The maximum absolute atomic E-state index is 7.02. The van der Waals surface area contributed by atoms with Gasteiger partial charge >= 0.3 is 0 Å². The Kier molecular flexibility index (Phi) is 5.41. The second-order valence-corrected chi connectivity index (χ2v) is 14.7. The molecule has 0 radical (unpaired) electrons. The Morgan fingerprint density at radius 2 is 1.04 bits per heavy atom. The molecule has 0 fully saturated rings. The molecule has 1 N–H and O–H groups in total. The van der Waals surface area contributed by atoms with Gasteiger partial charge in [-0.25, -0.2) is 0 Å². The summed E-state index contributed by atoms with van der Waals surface area (Å²) in [7, 11) is 0. The van der Waals surface area contributed by atoms with E-state index in [1.165, 1.54) is 85.3 Å². The third kappa shape index (κ3) is 3.71. The minimum absolute atomic E-state index is 0.906. The van der Waals surface area contributed by atoms with Crippen molar-refractivity contribution >= 4 is 108 Å². The highest BCUT2D eigenvalue weighted by Crippen LogP contribution is 2.51. The third-order valence-corrected chi connectivity index (χ3v) is 12.1. The van der Waals surface area contributed by atoms with Gasteiger partial charge in [0.05, 0.1) is 11.1 Å². The van der Waals surface area contributed by atoms with E-state index in [0.717, 1.165) is 33.1 Å². The monoisotopic (exact) mass is 665 g/mol. The van der Waals surface area contributed by atoms with E-state index < -0.39 is 0 Å². The van der Waals surface area contributed by atoms with Gasteiger partial charge < -0.3 is 9.40 Å². The first-order chi connectivity index (χ1) is 25.3. The summed E-state index contributed by atoms with van der Waals surface area (Å²) >= 11 is 1.87. The number of aromatic nitrogens is 1. The van der Waals surface area contributed by atoms with E-state index in [1.807, 2.05) is 11.3 Å². The van der Waals surface area contributed by atoms with Gasteiger partial charge in [0.1, 0.15) is 11.2 Å². The summed E-state index contributed by atoms with van der Waals surface area (Å²) in [6, 6.07) is 57.6. The number of benzene rings is 9. The van der Waals surface area contributed by atoms with Crippen molar-refractivity contribution in [3.05, 3.63) is 158 Å². The summed E-state index contributed by atoms with van der Waals surface area (Å²) in [5.41, 5.74) is 8.84. The molecule has 0 bridgehead atoms. The molecule has 0 atom stereocenters. The lowest BCUT2D eigenvalue weighted by Crippen LogP contribution is -1.92. The Labute approximate surface area is 295 Å². The molecule has 0 aliphatic carbocycles. The first-order valence-corrected chi connectivity index (χ1v) is 18.2. The molecule has 2 nitrogen and oxygen atoms in total. The van der Waals surface area contributed by atoms with Crippen molar-refractivity contribution in [1.29, 1.82) is 0 Å². The zero-order valence-corrected chi connectivity index (χ0v) is 28.1. The SMILES string of the molecule is c1ccc2c(c1)ccc1oc3c(-c4c5ccccc5c(-c5ccc6c(c5)sc5ccccc56)c5ccccc45)c4[nH]c5ccccc5c4cc3c12. The Bertz CT molecular complexity index is 3370. The minimum Gasteiger partial charge on any atom is -0.455 e. The van der Waals surface area contributed by atoms with Crippen LogP contribution in [0.1, 0.15) is 0 Å². The molecule has 51 heavy (non-hydrogen) atoms. The van der Waals surface area contributed by atoms with Crippen molar-refractivity contribution in [3.8, 4) is 22.3 Å². The second-order valence-electron chi connectivity index (χ2n) is 13.6. The number of hydrogen-bond acceptors (Lipinski definition) is 2. The number of furan rings is 1. The fourth-order valence-electron chi connectivity index (χ4n) is 8.81. The molecule has 3 heterocycles. The maximum Gasteiger partial charge on any atom is 0.145 e. The summed E-state index contributed by atoms with van der Waals surface area (Å²) < 4.78 is 9.65. The summed E-state index contributed by atoms with van der Waals surface area (Å²) in [5.74, 6) is 0. The average Bonchev–Trinajstić information content (AvgIpc) is 3.87. The van der Waals surface area contributed by atoms with Gasteiger partial charge in [0.15, 0.2) is 0 Å². The van der Waals surface area contributed by atoms with Crippen LogP contribution < -0.4 is 0 Å². The van der Waals surface area contributed by atoms with Crippen LogP contribution >= 0.6 is 11.3 Å². The highest BCUT2D eigenvalue weighted by molar-refractivity contribution is 7.25. The van der Waals surface area contributed by atoms with E-state index in [-0.39, 0.29) is 0 Å². The molecule has 0 unspecified atom stereocenters. The van der Waals surface area contributed by atoms with Crippen molar-refractivity contribution in [2.75, 3.05) is 0 Å². The Hall–Kier alpha value is -6.42. The van der Waals surface area contributed by atoms with E-state index in [9.17, 15) is 0 Å². The van der Waals surface area contributed by atoms with E-state index in [4.69, 9.17) is 4.42 Å². The molecule has 12 aromatic rings. The van der Waals surface area contributed by atoms with E-state index in [2.05, 4.69) is 163 Å². The van der Waals surface area contributed by atoms with E-state index >= 15 is 0 Å². The third-order valence-electron chi connectivity index (χ3n) is 11.0. The molecule has 3 aromatic heterocycles. The summed E-state index contributed by atoms with van der Waals surface area (Å²) in [6.07, 6.45) is 0. The predicted octanol–water partition coefficient (Wildman–Crippen LogP) is 14.4. The van der Waals surface area contributed by atoms with Gasteiger partial charge in [0, 0.05) is 52.8 Å². The van der Waals surface area contributed by atoms with Crippen molar-refractivity contribution in [3.63, 3.8) is 0 Å². The molecule has 0 spiro atoms. The van der Waals surface area contributed by atoms with Gasteiger partial charge in [0.2, 0.25) is 0 Å². The van der Waals surface area contributed by atoms with Gasteiger partial charge in [-0.3, -0.25) is 0 Å². The van der Waals surface area contributed by atoms with Crippen LogP contribution in [0.5, 0.6) is 0 Å². The lowest BCUT2D eigenvalue weighted by molar-refractivity contribution is 0.671. The van der Waals surface area contributed by atoms with Crippen molar-refractivity contribution in [2.45, 2.75) is 0 Å². The zero-order valence-electron chi connectivity index (χ0n) is 27.3. The summed E-state index contributed by atoms with van der Waals surface area (Å²) in [6.45, 7) is 0. The quantitative estimate of drug-likeness (QED) is 0.183. The number of thiophene rings is 1. The molecule has 9 aromatic carbocycles.